The Balaban J connectivity index is 1.65. The number of anilines is 1. The maximum Gasteiger partial charge on any atom is 0.250 e. The molecule has 0 aliphatic heterocycles. The van der Waals surface area contributed by atoms with Gasteiger partial charge in [0.1, 0.15) is 5.76 Å². The Morgan fingerprint density at radius 3 is 3.00 bits per heavy atom. The van der Waals surface area contributed by atoms with Gasteiger partial charge in [-0.15, -0.1) is 22.7 Å². The zero-order valence-electron chi connectivity index (χ0n) is 10.3. The second-order valence-electron chi connectivity index (χ2n) is 3.85. The van der Waals surface area contributed by atoms with E-state index in [4.69, 9.17) is 4.42 Å². The van der Waals surface area contributed by atoms with Gasteiger partial charge in [-0.1, -0.05) is 6.07 Å². The number of carbonyl (C=O) groups excluding carboxylic acids is 1. The van der Waals surface area contributed by atoms with Crippen LogP contribution in [0.25, 0.3) is 16.6 Å². The molecule has 0 saturated carbocycles. The molecule has 0 radical (unpaired) electrons. The number of thiazole rings is 1. The van der Waals surface area contributed by atoms with Crippen molar-refractivity contribution in [3.8, 4) is 10.6 Å². The molecule has 3 aromatic rings. The van der Waals surface area contributed by atoms with Gasteiger partial charge < -0.3 is 4.42 Å². The first-order valence-corrected chi connectivity index (χ1v) is 7.59. The molecule has 6 heteroatoms. The first kappa shape index (κ1) is 12.8. The molecule has 0 spiro atoms. The summed E-state index contributed by atoms with van der Waals surface area (Å²) in [6.45, 7) is 0. The molecule has 4 nitrogen and oxygen atoms in total. The van der Waals surface area contributed by atoms with Crippen molar-refractivity contribution in [3.63, 3.8) is 0 Å². The van der Waals surface area contributed by atoms with Crippen LogP contribution >= 0.6 is 22.7 Å². The lowest BCUT2D eigenvalue weighted by Crippen LogP contribution is -2.07. The number of carbonyl (C=O) groups is 1. The van der Waals surface area contributed by atoms with E-state index < -0.39 is 0 Å². The predicted molar refractivity (Wildman–Crippen MR) is 81.8 cm³/mol. The fraction of sp³-hybridized carbons (Fsp3) is 0. The van der Waals surface area contributed by atoms with Crippen LogP contribution in [0, 0.1) is 0 Å². The van der Waals surface area contributed by atoms with Gasteiger partial charge in [0.2, 0.25) is 5.91 Å². The minimum absolute atomic E-state index is 0.228. The average molecular weight is 302 g/mol. The summed E-state index contributed by atoms with van der Waals surface area (Å²) in [7, 11) is 0. The van der Waals surface area contributed by atoms with Crippen molar-refractivity contribution in [3.05, 3.63) is 53.1 Å². The van der Waals surface area contributed by atoms with Gasteiger partial charge in [-0.05, 0) is 29.7 Å². The highest BCUT2D eigenvalue weighted by molar-refractivity contribution is 7.16. The third-order valence-electron chi connectivity index (χ3n) is 2.45. The summed E-state index contributed by atoms with van der Waals surface area (Å²) < 4.78 is 5.11. The molecule has 0 bridgehead atoms. The van der Waals surface area contributed by atoms with Gasteiger partial charge in [0, 0.05) is 11.5 Å². The van der Waals surface area contributed by atoms with Gasteiger partial charge in [0.05, 0.1) is 16.8 Å². The monoisotopic (exact) mass is 302 g/mol. The number of amides is 1. The molecule has 0 aliphatic carbocycles. The molecular formula is C14H10N2O2S2. The summed E-state index contributed by atoms with van der Waals surface area (Å²) in [5, 5.41) is 7.24. The van der Waals surface area contributed by atoms with E-state index >= 15 is 0 Å². The maximum atomic E-state index is 11.7. The normalized spacial score (nSPS) is 11.0. The standard InChI is InChI=1S/C14H10N2O2S2/c17-13(6-5-10-3-1-7-18-10)16-14-15-11(9-20-14)12-4-2-8-19-12/h1-9H,(H,15,16,17). The lowest BCUT2D eigenvalue weighted by molar-refractivity contribution is -0.111. The van der Waals surface area contributed by atoms with Crippen molar-refractivity contribution in [1.29, 1.82) is 0 Å². The van der Waals surface area contributed by atoms with E-state index in [1.807, 2.05) is 22.9 Å². The molecule has 3 heterocycles. The van der Waals surface area contributed by atoms with Crippen molar-refractivity contribution in [2.75, 3.05) is 5.32 Å². The Hall–Kier alpha value is -2.18. The lowest BCUT2D eigenvalue weighted by Gasteiger charge is -1.95. The summed E-state index contributed by atoms with van der Waals surface area (Å²) in [5.41, 5.74) is 0.885. The summed E-state index contributed by atoms with van der Waals surface area (Å²) in [4.78, 5) is 17.2. The van der Waals surface area contributed by atoms with Gasteiger partial charge in [0.25, 0.3) is 0 Å². The molecule has 0 aliphatic rings. The van der Waals surface area contributed by atoms with Crippen molar-refractivity contribution in [1.82, 2.24) is 4.98 Å². The van der Waals surface area contributed by atoms with E-state index in [0.717, 1.165) is 10.6 Å². The van der Waals surface area contributed by atoms with E-state index in [2.05, 4.69) is 10.3 Å². The predicted octanol–water partition coefficient (Wildman–Crippen LogP) is 4.12. The molecular weight excluding hydrogens is 292 g/mol. The number of hydrogen-bond donors (Lipinski definition) is 1. The topological polar surface area (TPSA) is 55.1 Å². The first-order chi connectivity index (χ1) is 9.81. The molecule has 3 rings (SSSR count). The van der Waals surface area contributed by atoms with Gasteiger partial charge in [-0.3, -0.25) is 10.1 Å². The molecule has 0 saturated heterocycles. The number of rotatable bonds is 4. The summed E-state index contributed by atoms with van der Waals surface area (Å²) in [6.07, 6.45) is 4.60. The minimum Gasteiger partial charge on any atom is -0.465 e. The van der Waals surface area contributed by atoms with Crippen LogP contribution in [0.1, 0.15) is 5.76 Å². The fourth-order valence-corrected chi connectivity index (χ4v) is 3.03. The molecule has 1 N–H and O–H groups in total. The third-order valence-corrected chi connectivity index (χ3v) is 4.10. The van der Waals surface area contributed by atoms with Crippen molar-refractivity contribution in [2.24, 2.45) is 0 Å². The van der Waals surface area contributed by atoms with Crippen LogP contribution in [0.15, 0.2) is 51.8 Å². The Labute approximate surface area is 123 Å². The zero-order chi connectivity index (χ0) is 13.8. The van der Waals surface area contributed by atoms with E-state index in [0.29, 0.717) is 10.9 Å². The first-order valence-electron chi connectivity index (χ1n) is 5.83. The van der Waals surface area contributed by atoms with Crippen molar-refractivity contribution < 1.29 is 9.21 Å². The minimum atomic E-state index is -0.228. The number of nitrogens with zero attached hydrogens (tertiary/aromatic N) is 1. The molecule has 0 aromatic carbocycles. The van der Waals surface area contributed by atoms with Crippen LogP contribution in [-0.4, -0.2) is 10.9 Å². The van der Waals surface area contributed by atoms with Crippen molar-refractivity contribution in [2.45, 2.75) is 0 Å². The molecule has 100 valence electrons. The second-order valence-corrected chi connectivity index (χ2v) is 5.66. The number of nitrogens with one attached hydrogen (secondary N) is 1. The average Bonchev–Trinajstić information content (AvgIpc) is 3.18. The molecule has 0 unspecified atom stereocenters. The van der Waals surface area contributed by atoms with Crippen LogP contribution in [0.4, 0.5) is 5.13 Å². The largest absolute Gasteiger partial charge is 0.465 e. The molecule has 1 amide bonds. The Bertz CT molecular complexity index is 712. The van der Waals surface area contributed by atoms with Crippen LogP contribution in [0.3, 0.4) is 0 Å². The highest BCUT2D eigenvalue weighted by Gasteiger charge is 2.06. The van der Waals surface area contributed by atoms with Crippen LogP contribution in [-0.2, 0) is 4.79 Å². The molecule has 3 aromatic heterocycles. The molecule has 0 atom stereocenters. The zero-order valence-corrected chi connectivity index (χ0v) is 11.9. The van der Waals surface area contributed by atoms with E-state index in [-0.39, 0.29) is 5.91 Å². The van der Waals surface area contributed by atoms with Gasteiger partial charge in [-0.2, -0.15) is 0 Å². The van der Waals surface area contributed by atoms with Crippen LogP contribution < -0.4 is 5.32 Å². The lowest BCUT2D eigenvalue weighted by atomic mass is 10.4. The number of hydrogen-bond acceptors (Lipinski definition) is 5. The highest BCUT2D eigenvalue weighted by atomic mass is 32.1. The number of thiophene rings is 1. The Morgan fingerprint density at radius 2 is 2.25 bits per heavy atom. The maximum absolute atomic E-state index is 11.7. The van der Waals surface area contributed by atoms with E-state index in [9.17, 15) is 4.79 Å². The number of aromatic nitrogens is 1. The third kappa shape index (κ3) is 3.04. The van der Waals surface area contributed by atoms with Gasteiger partial charge in [0.15, 0.2) is 5.13 Å². The quantitative estimate of drug-likeness (QED) is 0.738. The SMILES string of the molecule is O=C(C=Cc1ccco1)Nc1nc(-c2cccs2)cs1. The van der Waals surface area contributed by atoms with E-state index in [1.54, 1.807) is 35.8 Å². The van der Waals surface area contributed by atoms with Gasteiger partial charge >= 0.3 is 0 Å². The fourth-order valence-electron chi connectivity index (χ4n) is 1.56. The van der Waals surface area contributed by atoms with Crippen LogP contribution in [0.2, 0.25) is 0 Å². The summed E-state index contributed by atoms with van der Waals surface area (Å²) in [6, 6.07) is 7.53. The highest BCUT2D eigenvalue weighted by Crippen LogP contribution is 2.28. The summed E-state index contributed by atoms with van der Waals surface area (Å²) >= 11 is 3.03. The summed E-state index contributed by atoms with van der Waals surface area (Å²) in [5.74, 6) is 0.409. The van der Waals surface area contributed by atoms with Crippen LogP contribution in [0.5, 0.6) is 0 Å². The molecule has 0 fully saturated rings. The number of furan rings is 1. The Kier molecular flexibility index (Phi) is 3.76. The Morgan fingerprint density at radius 1 is 1.30 bits per heavy atom. The van der Waals surface area contributed by atoms with Crippen molar-refractivity contribution >= 4 is 39.8 Å². The van der Waals surface area contributed by atoms with E-state index in [1.165, 1.54) is 17.4 Å². The molecule has 20 heavy (non-hydrogen) atoms. The van der Waals surface area contributed by atoms with Gasteiger partial charge in [-0.25, -0.2) is 4.98 Å². The smallest absolute Gasteiger partial charge is 0.250 e. The second kappa shape index (κ2) is 5.85.